The third-order valence-electron chi connectivity index (χ3n) is 3.38. The summed E-state index contributed by atoms with van der Waals surface area (Å²) in [6.07, 6.45) is 0. The highest BCUT2D eigenvalue weighted by Gasteiger charge is 2.10. The average Bonchev–Trinajstić information content (AvgIpc) is 2.87. The van der Waals surface area contributed by atoms with E-state index in [1.54, 1.807) is 11.3 Å². The van der Waals surface area contributed by atoms with Gasteiger partial charge in [0.15, 0.2) is 0 Å². The van der Waals surface area contributed by atoms with Crippen molar-refractivity contribution < 1.29 is 4.74 Å². The third kappa shape index (κ3) is 3.28. The van der Waals surface area contributed by atoms with Crippen LogP contribution in [0, 0.1) is 13.8 Å². The molecule has 0 unspecified atom stereocenters. The summed E-state index contributed by atoms with van der Waals surface area (Å²) < 4.78 is 5.82. The largest absolute Gasteiger partial charge is 0.486 e. The van der Waals surface area contributed by atoms with Crippen LogP contribution in [0.4, 0.5) is 5.69 Å². The lowest BCUT2D eigenvalue weighted by atomic mass is 10.1. The number of ether oxygens (including phenoxy) is 1. The zero-order valence-electron chi connectivity index (χ0n) is 12.7. The number of anilines is 1. The maximum atomic E-state index is 5.82. The molecule has 0 fully saturated rings. The molecule has 112 valence electrons. The van der Waals surface area contributed by atoms with Crippen LogP contribution in [0.1, 0.15) is 15.4 Å². The van der Waals surface area contributed by atoms with Gasteiger partial charge in [0, 0.05) is 16.1 Å². The average molecular weight is 310 g/mol. The number of hydrogen-bond donors (Lipinski definition) is 1. The second kappa shape index (κ2) is 6.20. The van der Waals surface area contributed by atoms with Crippen LogP contribution in [0.2, 0.25) is 0 Å². The molecule has 0 amide bonds. The van der Waals surface area contributed by atoms with Crippen molar-refractivity contribution in [2.45, 2.75) is 20.5 Å². The summed E-state index contributed by atoms with van der Waals surface area (Å²) >= 11 is 1.67. The molecule has 2 aromatic carbocycles. The molecule has 22 heavy (non-hydrogen) atoms. The number of nitrogens with zero attached hydrogens (tertiary/aromatic N) is 1. The van der Waals surface area contributed by atoms with Gasteiger partial charge >= 0.3 is 0 Å². The first kappa shape index (κ1) is 14.6. The van der Waals surface area contributed by atoms with Crippen LogP contribution in [0.5, 0.6) is 5.75 Å². The van der Waals surface area contributed by atoms with Crippen LogP contribution in [-0.2, 0) is 6.61 Å². The Kier molecular flexibility index (Phi) is 4.11. The Morgan fingerprint density at radius 2 is 1.86 bits per heavy atom. The van der Waals surface area contributed by atoms with E-state index in [-0.39, 0.29) is 0 Å². The Balaban J connectivity index is 1.76. The molecule has 0 saturated heterocycles. The number of nitrogen functional groups attached to an aromatic ring is 1. The summed E-state index contributed by atoms with van der Waals surface area (Å²) in [5, 5.41) is 0.978. The molecular formula is C18H18N2OS. The maximum Gasteiger partial charge on any atom is 0.140 e. The van der Waals surface area contributed by atoms with Crippen molar-refractivity contribution in [3.63, 3.8) is 0 Å². The number of benzene rings is 2. The smallest absolute Gasteiger partial charge is 0.140 e. The molecule has 0 aliphatic carbocycles. The van der Waals surface area contributed by atoms with Crippen molar-refractivity contribution in [1.82, 2.24) is 4.98 Å². The summed E-state index contributed by atoms with van der Waals surface area (Å²) in [5.74, 6) is 0.877. The highest BCUT2D eigenvalue weighted by atomic mass is 32.1. The van der Waals surface area contributed by atoms with Crippen LogP contribution < -0.4 is 10.5 Å². The van der Waals surface area contributed by atoms with Gasteiger partial charge in [-0.2, -0.15) is 0 Å². The van der Waals surface area contributed by atoms with Crippen molar-refractivity contribution in [2.24, 2.45) is 0 Å². The monoisotopic (exact) mass is 310 g/mol. The second-order valence-corrected chi connectivity index (χ2v) is 6.53. The van der Waals surface area contributed by atoms with Crippen molar-refractivity contribution in [1.29, 1.82) is 0 Å². The van der Waals surface area contributed by atoms with E-state index in [0.717, 1.165) is 27.7 Å². The van der Waals surface area contributed by atoms with Gasteiger partial charge in [0.1, 0.15) is 17.4 Å². The molecule has 4 heteroatoms. The van der Waals surface area contributed by atoms with Crippen LogP contribution in [0.25, 0.3) is 11.3 Å². The minimum absolute atomic E-state index is 0.490. The predicted octanol–water partition coefficient (Wildman–Crippen LogP) is 4.59. The lowest BCUT2D eigenvalue weighted by Gasteiger charge is -2.04. The predicted molar refractivity (Wildman–Crippen MR) is 92.2 cm³/mol. The molecule has 1 heterocycles. The molecule has 3 rings (SSSR count). The molecule has 0 atom stereocenters. The van der Waals surface area contributed by atoms with Gasteiger partial charge in [0.25, 0.3) is 0 Å². The van der Waals surface area contributed by atoms with Crippen molar-refractivity contribution >= 4 is 17.0 Å². The summed E-state index contributed by atoms with van der Waals surface area (Å²) in [7, 11) is 0. The van der Waals surface area contributed by atoms with Crippen molar-refractivity contribution in [3.05, 3.63) is 64.0 Å². The van der Waals surface area contributed by atoms with E-state index in [1.807, 2.05) is 42.5 Å². The number of hydrogen-bond acceptors (Lipinski definition) is 4. The zero-order chi connectivity index (χ0) is 15.5. The topological polar surface area (TPSA) is 48.1 Å². The van der Waals surface area contributed by atoms with Crippen LogP contribution in [0.3, 0.4) is 0 Å². The minimum Gasteiger partial charge on any atom is -0.486 e. The first-order valence-electron chi connectivity index (χ1n) is 7.13. The lowest BCUT2D eigenvalue weighted by Crippen LogP contribution is -1.95. The van der Waals surface area contributed by atoms with Crippen molar-refractivity contribution in [2.75, 3.05) is 5.73 Å². The Morgan fingerprint density at radius 1 is 1.09 bits per heavy atom. The fourth-order valence-electron chi connectivity index (χ4n) is 2.27. The van der Waals surface area contributed by atoms with E-state index in [0.29, 0.717) is 6.61 Å². The van der Waals surface area contributed by atoms with Gasteiger partial charge in [-0.05, 0) is 43.7 Å². The summed E-state index contributed by atoms with van der Waals surface area (Å²) in [6.45, 7) is 4.63. The number of aryl methyl sites for hydroxylation is 2. The van der Waals surface area contributed by atoms with E-state index < -0.39 is 0 Å². The van der Waals surface area contributed by atoms with Gasteiger partial charge in [-0.25, -0.2) is 4.98 Å². The molecule has 0 aliphatic rings. The lowest BCUT2D eigenvalue weighted by molar-refractivity contribution is 0.305. The van der Waals surface area contributed by atoms with Gasteiger partial charge < -0.3 is 10.5 Å². The van der Waals surface area contributed by atoms with Gasteiger partial charge in [-0.3, -0.25) is 0 Å². The van der Waals surface area contributed by atoms with Gasteiger partial charge in [-0.15, -0.1) is 11.3 Å². The first-order valence-corrected chi connectivity index (χ1v) is 7.95. The van der Waals surface area contributed by atoms with E-state index in [2.05, 4.69) is 19.9 Å². The zero-order valence-corrected chi connectivity index (χ0v) is 13.5. The fourth-order valence-corrected chi connectivity index (χ4v) is 3.14. The molecule has 0 radical (unpaired) electrons. The minimum atomic E-state index is 0.490. The standard InChI is InChI=1S/C18H18N2OS/c1-12-4-3-5-16(10-12)21-11-17-20-18(13(2)22-17)14-6-8-15(19)9-7-14/h3-10H,11,19H2,1-2H3. The van der Waals surface area contributed by atoms with Crippen LogP contribution in [0.15, 0.2) is 48.5 Å². The quantitative estimate of drug-likeness (QED) is 0.717. The normalized spacial score (nSPS) is 10.6. The Morgan fingerprint density at radius 3 is 2.59 bits per heavy atom. The number of rotatable bonds is 4. The highest BCUT2D eigenvalue weighted by molar-refractivity contribution is 7.12. The molecule has 2 N–H and O–H groups in total. The molecule has 3 nitrogen and oxygen atoms in total. The van der Waals surface area contributed by atoms with E-state index in [9.17, 15) is 0 Å². The van der Waals surface area contributed by atoms with Gasteiger partial charge in [0.05, 0.1) is 5.69 Å². The number of thiazole rings is 1. The van der Waals surface area contributed by atoms with E-state index in [4.69, 9.17) is 15.5 Å². The molecule has 0 bridgehead atoms. The van der Waals surface area contributed by atoms with Crippen molar-refractivity contribution in [3.8, 4) is 17.0 Å². The second-order valence-electron chi connectivity index (χ2n) is 5.24. The fraction of sp³-hybridized carbons (Fsp3) is 0.167. The van der Waals surface area contributed by atoms with Gasteiger partial charge in [-0.1, -0.05) is 24.3 Å². The van der Waals surface area contributed by atoms with Gasteiger partial charge in [0.2, 0.25) is 0 Å². The summed E-state index contributed by atoms with van der Waals surface area (Å²) in [6, 6.07) is 15.9. The third-order valence-corrected chi connectivity index (χ3v) is 4.32. The molecule has 3 aromatic rings. The first-order chi connectivity index (χ1) is 10.6. The summed E-state index contributed by atoms with van der Waals surface area (Å²) in [4.78, 5) is 5.89. The van der Waals surface area contributed by atoms with Crippen LogP contribution in [-0.4, -0.2) is 4.98 Å². The number of aromatic nitrogens is 1. The molecule has 0 saturated carbocycles. The molecule has 0 spiro atoms. The SMILES string of the molecule is Cc1cccc(OCc2nc(-c3ccc(N)cc3)c(C)s2)c1. The summed E-state index contributed by atoms with van der Waals surface area (Å²) in [5.41, 5.74) is 9.78. The Bertz CT molecular complexity index is 778. The Labute approximate surface area is 134 Å². The maximum absolute atomic E-state index is 5.82. The molecule has 1 aromatic heterocycles. The van der Waals surface area contributed by atoms with E-state index in [1.165, 1.54) is 10.4 Å². The number of nitrogens with two attached hydrogens (primary N) is 1. The van der Waals surface area contributed by atoms with E-state index >= 15 is 0 Å². The van der Waals surface area contributed by atoms with Crippen LogP contribution >= 0.6 is 11.3 Å². The molecular weight excluding hydrogens is 292 g/mol. The highest BCUT2D eigenvalue weighted by Crippen LogP contribution is 2.28. The Hall–Kier alpha value is -2.33. The molecule has 0 aliphatic heterocycles.